The molecule has 0 spiro atoms. The van der Waals surface area contributed by atoms with Gasteiger partial charge in [-0.3, -0.25) is 0 Å². The van der Waals surface area contributed by atoms with E-state index < -0.39 is 0 Å². The van der Waals surface area contributed by atoms with E-state index in [2.05, 4.69) is 11.8 Å². The summed E-state index contributed by atoms with van der Waals surface area (Å²) in [4.78, 5) is 0. The maximum atomic E-state index is 11.0. The molecule has 0 aliphatic heterocycles. The molecule has 0 saturated heterocycles. The van der Waals surface area contributed by atoms with Crippen LogP contribution < -0.4 is 14.2 Å². The molecular formula is C25H24O6. The van der Waals surface area contributed by atoms with Crippen molar-refractivity contribution in [2.24, 2.45) is 0 Å². The quantitative estimate of drug-likeness (QED) is 0.370. The highest BCUT2D eigenvalue weighted by atomic mass is 16.5. The molecule has 0 fully saturated rings. The highest BCUT2D eigenvalue weighted by Crippen LogP contribution is 2.50. The monoisotopic (exact) mass is 420 g/mol. The summed E-state index contributed by atoms with van der Waals surface area (Å²) in [6.07, 6.45) is 0.558. The highest BCUT2D eigenvalue weighted by Gasteiger charge is 2.22. The molecule has 3 N–H and O–H groups in total. The van der Waals surface area contributed by atoms with Crippen LogP contribution in [0.1, 0.15) is 13.3 Å². The topological polar surface area (TPSA) is 88.4 Å². The Hall–Kier alpha value is -3.98. The van der Waals surface area contributed by atoms with E-state index in [1.165, 1.54) is 20.3 Å². The number of hydrogen-bond acceptors (Lipinski definition) is 6. The van der Waals surface area contributed by atoms with Crippen molar-refractivity contribution in [1.82, 2.24) is 0 Å². The van der Waals surface area contributed by atoms with Crippen molar-refractivity contribution < 1.29 is 29.5 Å². The maximum absolute atomic E-state index is 11.0. The fourth-order valence-electron chi connectivity index (χ4n) is 3.26. The largest absolute Gasteiger partial charge is 0.508 e. The number of phenols is 3. The third-order valence-corrected chi connectivity index (χ3v) is 4.73. The van der Waals surface area contributed by atoms with Crippen LogP contribution in [0.15, 0.2) is 48.5 Å². The van der Waals surface area contributed by atoms with Gasteiger partial charge in [0.25, 0.3) is 0 Å². The summed E-state index contributed by atoms with van der Waals surface area (Å²) in [5.74, 6) is 6.60. The Morgan fingerprint density at radius 3 is 2.16 bits per heavy atom. The highest BCUT2D eigenvalue weighted by molar-refractivity contribution is 5.88. The van der Waals surface area contributed by atoms with Gasteiger partial charge in [-0.05, 0) is 48.4 Å². The molecule has 160 valence electrons. The Labute approximate surface area is 181 Å². The minimum Gasteiger partial charge on any atom is -0.508 e. The third-order valence-electron chi connectivity index (χ3n) is 4.73. The van der Waals surface area contributed by atoms with Crippen molar-refractivity contribution in [3.63, 3.8) is 0 Å². The molecule has 3 rings (SSSR count). The summed E-state index contributed by atoms with van der Waals surface area (Å²) in [6, 6.07) is 13.1. The van der Waals surface area contributed by atoms with Crippen molar-refractivity contribution >= 4 is 0 Å². The van der Waals surface area contributed by atoms with Crippen LogP contribution >= 0.6 is 0 Å². The van der Waals surface area contributed by atoms with Gasteiger partial charge in [-0.15, -0.1) is 11.8 Å². The van der Waals surface area contributed by atoms with Crippen LogP contribution in [0.3, 0.4) is 0 Å². The van der Waals surface area contributed by atoms with Crippen LogP contribution in [0.4, 0.5) is 0 Å². The Kier molecular flexibility index (Phi) is 6.78. The van der Waals surface area contributed by atoms with E-state index >= 15 is 0 Å². The fourth-order valence-corrected chi connectivity index (χ4v) is 3.26. The minimum atomic E-state index is -0.129. The summed E-state index contributed by atoms with van der Waals surface area (Å²) < 4.78 is 16.6. The van der Waals surface area contributed by atoms with Gasteiger partial charge in [0.05, 0.1) is 26.4 Å². The Bertz CT molecular complexity index is 1120. The molecule has 0 atom stereocenters. The molecule has 0 aliphatic carbocycles. The summed E-state index contributed by atoms with van der Waals surface area (Å²) in [5.41, 5.74) is 2.24. The van der Waals surface area contributed by atoms with Crippen molar-refractivity contribution in [3.05, 3.63) is 48.5 Å². The number of ether oxygens (including phenoxy) is 3. The van der Waals surface area contributed by atoms with Gasteiger partial charge >= 0.3 is 0 Å². The minimum absolute atomic E-state index is 0.0648. The number of benzene rings is 3. The zero-order valence-electron chi connectivity index (χ0n) is 17.6. The average molecular weight is 420 g/mol. The van der Waals surface area contributed by atoms with Crippen LogP contribution in [0.2, 0.25) is 0 Å². The molecule has 6 heteroatoms. The summed E-state index contributed by atoms with van der Waals surface area (Å²) in [5, 5.41) is 31.0. The number of rotatable bonds is 7. The van der Waals surface area contributed by atoms with Crippen molar-refractivity contribution in [3.8, 4) is 68.6 Å². The molecule has 3 aromatic rings. The van der Waals surface area contributed by atoms with Crippen LogP contribution in [-0.4, -0.2) is 36.1 Å². The Balaban J connectivity index is 2.05. The van der Waals surface area contributed by atoms with Gasteiger partial charge in [0, 0.05) is 12.0 Å². The van der Waals surface area contributed by atoms with Crippen molar-refractivity contribution in [1.29, 1.82) is 0 Å². The Morgan fingerprint density at radius 2 is 1.55 bits per heavy atom. The van der Waals surface area contributed by atoms with Gasteiger partial charge in [0.1, 0.15) is 11.5 Å². The van der Waals surface area contributed by atoms with E-state index in [0.717, 1.165) is 5.56 Å². The lowest BCUT2D eigenvalue weighted by atomic mass is 9.96. The van der Waals surface area contributed by atoms with E-state index in [1.807, 2.05) is 0 Å². The molecule has 0 heterocycles. The van der Waals surface area contributed by atoms with Gasteiger partial charge in [-0.25, -0.2) is 0 Å². The molecule has 0 bridgehead atoms. The van der Waals surface area contributed by atoms with Gasteiger partial charge in [0.2, 0.25) is 0 Å². The van der Waals surface area contributed by atoms with Crippen LogP contribution in [0.25, 0.3) is 22.3 Å². The van der Waals surface area contributed by atoms with Crippen LogP contribution in [0.5, 0.6) is 34.5 Å². The Morgan fingerprint density at radius 1 is 0.839 bits per heavy atom. The average Bonchev–Trinajstić information content (AvgIpc) is 2.77. The van der Waals surface area contributed by atoms with Crippen molar-refractivity contribution in [2.75, 3.05) is 20.8 Å². The first-order valence-electron chi connectivity index (χ1n) is 9.63. The second-order valence-electron chi connectivity index (χ2n) is 6.64. The summed E-state index contributed by atoms with van der Waals surface area (Å²) in [6.45, 7) is 2.12. The lowest BCUT2D eigenvalue weighted by Crippen LogP contribution is -1.97. The normalized spacial score (nSPS) is 10.2. The zero-order chi connectivity index (χ0) is 22.4. The number of phenolic OH excluding ortho intramolecular Hbond substituents is 3. The van der Waals surface area contributed by atoms with E-state index in [-0.39, 0.29) is 23.0 Å². The molecular weight excluding hydrogens is 396 g/mol. The molecule has 3 aromatic carbocycles. The van der Waals surface area contributed by atoms with Gasteiger partial charge in [-0.1, -0.05) is 18.2 Å². The second-order valence-corrected chi connectivity index (χ2v) is 6.64. The molecule has 0 saturated carbocycles. The smallest absolute Gasteiger partial charge is 0.170 e. The SMILES string of the molecule is CC#CCCOc1ccc(-c2c(OC)cc(-c3ccc(O)cc3)c(OC)c2O)cc1O. The summed E-state index contributed by atoms with van der Waals surface area (Å²) >= 11 is 0. The van der Waals surface area contributed by atoms with Gasteiger partial charge in [0.15, 0.2) is 23.0 Å². The first kappa shape index (κ1) is 21.7. The summed E-state index contributed by atoms with van der Waals surface area (Å²) in [7, 11) is 2.96. The van der Waals surface area contributed by atoms with E-state index in [0.29, 0.717) is 41.2 Å². The fraction of sp³-hybridized carbons (Fsp3) is 0.200. The van der Waals surface area contributed by atoms with E-state index in [4.69, 9.17) is 14.2 Å². The predicted octanol–water partition coefficient (Wildman–Crippen LogP) is 4.95. The molecule has 0 unspecified atom stereocenters. The van der Waals surface area contributed by atoms with Crippen LogP contribution in [-0.2, 0) is 0 Å². The number of hydrogen-bond donors (Lipinski definition) is 3. The molecule has 0 aliphatic rings. The molecule has 0 radical (unpaired) electrons. The van der Waals surface area contributed by atoms with Crippen molar-refractivity contribution in [2.45, 2.75) is 13.3 Å². The lowest BCUT2D eigenvalue weighted by Gasteiger charge is -2.18. The first-order chi connectivity index (χ1) is 15.0. The number of methoxy groups -OCH3 is 2. The predicted molar refractivity (Wildman–Crippen MR) is 119 cm³/mol. The third kappa shape index (κ3) is 4.62. The standard InChI is InChI=1S/C25H24O6/c1-4-5-6-13-31-21-12-9-17(14-20(21)27)23-22(29-2)15-19(25(30-3)24(23)28)16-7-10-18(26)11-8-16/h7-12,14-15,26-28H,6,13H2,1-3H3. The van der Waals surface area contributed by atoms with Gasteiger partial charge in [-0.2, -0.15) is 0 Å². The zero-order valence-corrected chi connectivity index (χ0v) is 17.6. The molecule has 0 amide bonds. The lowest BCUT2D eigenvalue weighted by molar-refractivity contribution is 0.307. The molecule has 6 nitrogen and oxygen atoms in total. The van der Waals surface area contributed by atoms with Gasteiger partial charge < -0.3 is 29.5 Å². The second kappa shape index (κ2) is 9.68. The first-order valence-corrected chi connectivity index (χ1v) is 9.63. The maximum Gasteiger partial charge on any atom is 0.170 e. The molecule has 0 aromatic heterocycles. The number of aromatic hydroxyl groups is 3. The van der Waals surface area contributed by atoms with E-state index in [9.17, 15) is 15.3 Å². The molecule has 31 heavy (non-hydrogen) atoms. The van der Waals surface area contributed by atoms with E-state index in [1.54, 1.807) is 49.4 Å². The van der Waals surface area contributed by atoms with Crippen LogP contribution in [0, 0.1) is 11.8 Å².